The minimum atomic E-state index is -0.0961. The highest BCUT2D eigenvalue weighted by Crippen LogP contribution is 2.26. The minimum absolute atomic E-state index is 0. The second kappa shape index (κ2) is 6.96. The molecule has 0 atom stereocenters. The first kappa shape index (κ1) is 15.9. The molecular weight excluding hydrogens is 352 g/mol. The van der Waals surface area contributed by atoms with Crippen molar-refractivity contribution in [1.29, 1.82) is 0 Å². The van der Waals surface area contributed by atoms with E-state index in [2.05, 4.69) is 32.6 Å². The first-order valence-corrected chi connectivity index (χ1v) is 7.46. The van der Waals surface area contributed by atoms with Gasteiger partial charge in [0.2, 0.25) is 0 Å². The monoisotopic (exact) mass is 366 g/mol. The molecular formula is C16H16BrClN2O. The molecule has 21 heavy (non-hydrogen) atoms. The fourth-order valence-corrected chi connectivity index (χ4v) is 2.86. The highest BCUT2D eigenvalue weighted by Gasteiger charge is 2.12. The van der Waals surface area contributed by atoms with Crippen molar-refractivity contribution in [2.45, 2.75) is 12.8 Å². The molecule has 5 heteroatoms. The second-order valence-corrected chi connectivity index (χ2v) is 5.69. The van der Waals surface area contributed by atoms with Crippen LogP contribution in [0, 0.1) is 0 Å². The zero-order valence-corrected chi connectivity index (χ0v) is 13.8. The van der Waals surface area contributed by atoms with Gasteiger partial charge in [0.05, 0.1) is 5.56 Å². The van der Waals surface area contributed by atoms with Crippen molar-refractivity contribution in [3.63, 3.8) is 0 Å². The highest BCUT2D eigenvalue weighted by atomic mass is 79.9. The van der Waals surface area contributed by atoms with E-state index in [9.17, 15) is 4.79 Å². The van der Waals surface area contributed by atoms with Crippen molar-refractivity contribution in [3.05, 3.63) is 58.1 Å². The van der Waals surface area contributed by atoms with Crippen molar-refractivity contribution in [2.24, 2.45) is 0 Å². The van der Waals surface area contributed by atoms with Crippen LogP contribution in [0.2, 0.25) is 0 Å². The second-order valence-electron chi connectivity index (χ2n) is 4.84. The SMILES string of the molecule is Cl.O=C(Nc1ccc2c(c1)CCCN2)c1ccccc1Br. The number of anilines is 2. The van der Waals surface area contributed by atoms with Crippen LogP contribution in [0.25, 0.3) is 0 Å². The largest absolute Gasteiger partial charge is 0.385 e. The van der Waals surface area contributed by atoms with Crippen LogP contribution in [0.1, 0.15) is 22.3 Å². The Kier molecular flexibility index (Phi) is 5.26. The lowest BCUT2D eigenvalue weighted by atomic mass is 10.0. The Morgan fingerprint density at radius 1 is 1.19 bits per heavy atom. The van der Waals surface area contributed by atoms with Gasteiger partial charge in [-0.05, 0) is 64.7 Å². The zero-order chi connectivity index (χ0) is 13.9. The molecule has 0 radical (unpaired) electrons. The van der Waals surface area contributed by atoms with E-state index >= 15 is 0 Å². The summed E-state index contributed by atoms with van der Waals surface area (Å²) in [7, 11) is 0. The summed E-state index contributed by atoms with van der Waals surface area (Å²) in [6, 6.07) is 13.4. The lowest BCUT2D eigenvalue weighted by Crippen LogP contribution is -2.15. The molecule has 0 saturated heterocycles. The molecule has 0 unspecified atom stereocenters. The van der Waals surface area contributed by atoms with E-state index in [1.807, 2.05) is 30.3 Å². The van der Waals surface area contributed by atoms with Crippen LogP contribution in [-0.4, -0.2) is 12.5 Å². The number of aryl methyl sites for hydroxylation is 1. The fourth-order valence-electron chi connectivity index (χ4n) is 2.40. The molecule has 3 rings (SSSR count). The maximum atomic E-state index is 12.2. The average molecular weight is 368 g/mol. The third-order valence-corrected chi connectivity index (χ3v) is 4.11. The molecule has 0 aliphatic carbocycles. The summed E-state index contributed by atoms with van der Waals surface area (Å²) in [6.45, 7) is 1.02. The molecule has 1 heterocycles. The van der Waals surface area contributed by atoms with Crippen LogP contribution in [0.5, 0.6) is 0 Å². The number of carbonyl (C=O) groups is 1. The molecule has 0 spiro atoms. The van der Waals surface area contributed by atoms with E-state index in [-0.39, 0.29) is 18.3 Å². The number of halogens is 2. The topological polar surface area (TPSA) is 41.1 Å². The Morgan fingerprint density at radius 2 is 2.00 bits per heavy atom. The van der Waals surface area contributed by atoms with Crippen LogP contribution in [0.15, 0.2) is 46.9 Å². The Balaban J connectivity index is 0.00000161. The molecule has 2 aromatic rings. The first-order valence-electron chi connectivity index (χ1n) is 6.67. The number of benzene rings is 2. The predicted molar refractivity (Wildman–Crippen MR) is 92.6 cm³/mol. The molecule has 0 bridgehead atoms. The van der Waals surface area contributed by atoms with Gasteiger partial charge in [0.1, 0.15) is 0 Å². The van der Waals surface area contributed by atoms with E-state index in [0.717, 1.165) is 29.5 Å². The summed E-state index contributed by atoms with van der Waals surface area (Å²) < 4.78 is 0.803. The standard InChI is InChI=1S/C16H15BrN2O.ClH/c17-14-6-2-1-5-13(14)16(20)19-12-7-8-15-11(10-12)4-3-9-18-15;/h1-2,5-8,10,18H,3-4,9H2,(H,19,20);1H. The van der Waals surface area contributed by atoms with Gasteiger partial charge < -0.3 is 10.6 Å². The zero-order valence-electron chi connectivity index (χ0n) is 11.4. The minimum Gasteiger partial charge on any atom is -0.385 e. The van der Waals surface area contributed by atoms with Crippen molar-refractivity contribution in [3.8, 4) is 0 Å². The summed E-state index contributed by atoms with van der Waals surface area (Å²) >= 11 is 3.40. The smallest absolute Gasteiger partial charge is 0.256 e. The maximum Gasteiger partial charge on any atom is 0.256 e. The number of hydrogen-bond donors (Lipinski definition) is 2. The lowest BCUT2D eigenvalue weighted by Gasteiger charge is -2.18. The van der Waals surface area contributed by atoms with Gasteiger partial charge in [-0.25, -0.2) is 0 Å². The Labute approximate surface area is 138 Å². The third-order valence-electron chi connectivity index (χ3n) is 3.42. The van der Waals surface area contributed by atoms with Gasteiger partial charge in [-0.15, -0.1) is 12.4 Å². The number of carbonyl (C=O) groups excluding carboxylic acids is 1. The van der Waals surface area contributed by atoms with Crippen molar-refractivity contribution >= 4 is 45.6 Å². The van der Waals surface area contributed by atoms with E-state index in [1.165, 1.54) is 11.3 Å². The molecule has 1 amide bonds. The van der Waals surface area contributed by atoms with Crippen molar-refractivity contribution in [1.82, 2.24) is 0 Å². The van der Waals surface area contributed by atoms with Crippen LogP contribution in [-0.2, 0) is 6.42 Å². The maximum absolute atomic E-state index is 12.2. The van der Waals surface area contributed by atoms with Gasteiger partial charge in [0.25, 0.3) is 5.91 Å². The quantitative estimate of drug-likeness (QED) is 0.821. The number of nitrogens with one attached hydrogen (secondary N) is 2. The summed E-state index contributed by atoms with van der Waals surface area (Å²) in [5, 5.41) is 6.32. The van der Waals surface area contributed by atoms with Crippen LogP contribution < -0.4 is 10.6 Å². The van der Waals surface area contributed by atoms with Crippen LogP contribution in [0.3, 0.4) is 0 Å². The molecule has 0 saturated carbocycles. The van der Waals surface area contributed by atoms with Crippen molar-refractivity contribution < 1.29 is 4.79 Å². The Bertz CT molecular complexity index is 660. The van der Waals surface area contributed by atoms with Gasteiger partial charge in [-0.1, -0.05) is 12.1 Å². The highest BCUT2D eigenvalue weighted by molar-refractivity contribution is 9.10. The first-order chi connectivity index (χ1) is 9.74. The van der Waals surface area contributed by atoms with Gasteiger partial charge >= 0.3 is 0 Å². The van der Waals surface area contributed by atoms with E-state index in [1.54, 1.807) is 6.07 Å². The number of hydrogen-bond acceptors (Lipinski definition) is 2. The van der Waals surface area contributed by atoms with Crippen molar-refractivity contribution in [2.75, 3.05) is 17.2 Å². The summed E-state index contributed by atoms with van der Waals surface area (Å²) in [4.78, 5) is 12.2. The summed E-state index contributed by atoms with van der Waals surface area (Å²) in [6.07, 6.45) is 2.19. The van der Waals surface area contributed by atoms with Crippen LogP contribution in [0.4, 0.5) is 11.4 Å². The molecule has 1 aliphatic heterocycles. The summed E-state index contributed by atoms with van der Waals surface area (Å²) in [5.41, 5.74) is 3.92. The molecule has 1 aliphatic rings. The van der Waals surface area contributed by atoms with Gasteiger partial charge in [0, 0.05) is 22.4 Å². The Morgan fingerprint density at radius 3 is 2.81 bits per heavy atom. The number of rotatable bonds is 2. The molecule has 3 nitrogen and oxygen atoms in total. The third kappa shape index (κ3) is 3.57. The molecule has 2 aromatic carbocycles. The number of amides is 1. The normalized spacial score (nSPS) is 12.6. The molecule has 0 fully saturated rings. The van der Waals surface area contributed by atoms with Gasteiger partial charge in [-0.2, -0.15) is 0 Å². The van der Waals surface area contributed by atoms with Crippen LogP contribution >= 0.6 is 28.3 Å². The fraction of sp³-hybridized carbons (Fsp3) is 0.188. The summed E-state index contributed by atoms with van der Waals surface area (Å²) in [5.74, 6) is -0.0961. The number of fused-ring (bicyclic) bond motifs is 1. The van der Waals surface area contributed by atoms with Gasteiger partial charge in [0.15, 0.2) is 0 Å². The van der Waals surface area contributed by atoms with E-state index < -0.39 is 0 Å². The van der Waals surface area contributed by atoms with Gasteiger partial charge in [-0.3, -0.25) is 4.79 Å². The Hall–Kier alpha value is -1.52. The molecule has 0 aromatic heterocycles. The van der Waals surface area contributed by atoms with E-state index in [0.29, 0.717) is 5.56 Å². The lowest BCUT2D eigenvalue weighted by molar-refractivity contribution is 0.102. The predicted octanol–water partition coefficient (Wildman–Crippen LogP) is 4.48. The molecule has 110 valence electrons. The molecule has 2 N–H and O–H groups in total. The average Bonchev–Trinajstić information content (AvgIpc) is 2.47. The van der Waals surface area contributed by atoms with E-state index in [4.69, 9.17) is 0 Å².